The lowest BCUT2D eigenvalue weighted by atomic mass is 10.1. The van der Waals surface area contributed by atoms with Crippen LogP contribution in [0.1, 0.15) is 15.9 Å². The number of rotatable bonds is 6. The van der Waals surface area contributed by atoms with Crippen LogP contribution in [0.15, 0.2) is 55.1 Å². The number of hydrogen-bond acceptors (Lipinski definition) is 3. The van der Waals surface area contributed by atoms with Crippen LogP contribution < -0.4 is 0 Å². The molecule has 7 heteroatoms. The first kappa shape index (κ1) is 17.6. The lowest BCUT2D eigenvalue weighted by Crippen LogP contribution is -2.11. The van der Waals surface area contributed by atoms with E-state index in [0.717, 1.165) is 0 Å². The lowest BCUT2D eigenvalue weighted by molar-refractivity contribution is 0.0723. The molecule has 0 bridgehead atoms. The van der Waals surface area contributed by atoms with Crippen LogP contribution in [0.2, 0.25) is 10.0 Å². The van der Waals surface area contributed by atoms with Gasteiger partial charge in [-0.05, 0) is 35.9 Å². The van der Waals surface area contributed by atoms with Crippen molar-refractivity contribution in [2.24, 2.45) is 0 Å². The number of nitrogens with zero attached hydrogens (tertiary/aromatic N) is 2. The molecule has 2 aromatic carbocycles. The average molecular weight is 379 g/mol. The normalized spacial score (nSPS) is 10.8. The molecule has 0 fully saturated rings. The van der Waals surface area contributed by atoms with Gasteiger partial charge in [0.25, 0.3) is 0 Å². The molecule has 0 unspecified atom stereocenters. The minimum absolute atomic E-state index is 0.0222. The molecule has 1 heterocycles. The van der Waals surface area contributed by atoms with E-state index < -0.39 is 11.6 Å². The molecule has 0 saturated carbocycles. The largest absolute Gasteiger partial charge is 0.369 e. The molecule has 1 aromatic heterocycles. The topological polar surface area (TPSA) is 44.1 Å². The summed E-state index contributed by atoms with van der Waals surface area (Å²) in [6, 6.07) is 9.36. The molecule has 128 valence electrons. The highest BCUT2D eigenvalue weighted by molar-refractivity contribution is 6.35. The molecule has 0 amide bonds. The maximum atomic E-state index is 14.2. The summed E-state index contributed by atoms with van der Waals surface area (Å²) in [7, 11) is 0. The second-order valence-electron chi connectivity index (χ2n) is 5.29. The molecule has 0 aliphatic rings. The molecule has 3 aromatic rings. The summed E-state index contributed by atoms with van der Waals surface area (Å²) in [6.45, 7) is -0.114. The SMILES string of the molecule is O=C(COCc1ccc(Cl)cc1Cl)c1ccc(-n2ccnc2)cc1F. The van der Waals surface area contributed by atoms with Gasteiger partial charge < -0.3 is 9.30 Å². The average Bonchev–Trinajstić information content (AvgIpc) is 3.11. The van der Waals surface area contributed by atoms with Crippen LogP contribution in [-0.4, -0.2) is 21.9 Å². The van der Waals surface area contributed by atoms with Crippen molar-refractivity contribution in [3.8, 4) is 5.69 Å². The van der Waals surface area contributed by atoms with Crippen molar-refractivity contribution >= 4 is 29.0 Å². The predicted molar refractivity (Wildman–Crippen MR) is 94.0 cm³/mol. The monoisotopic (exact) mass is 378 g/mol. The first-order valence-electron chi connectivity index (χ1n) is 7.37. The first-order valence-corrected chi connectivity index (χ1v) is 8.13. The van der Waals surface area contributed by atoms with Gasteiger partial charge in [0.15, 0.2) is 5.78 Å². The Kier molecular flexibility index (Phi) is 5.48. The fourth-order valence-corrected chi connectivity index (χ4v) is 2.74. The summed E-state index contributed by atoms with van der Waals surface area (Å²) in [5.74, 6) is -1.05. The van der Waals surface area contributed by atoms with Crippen LogP contribution in [0.25, 0.3) is 5.69 Å². The lowest BCUT2D eigenvalue weighted by Gasteiger charge is -2.08. The molecule has 3 rings (SSSR count). The maximum absolute atomic E-state index is 14.2. The molecule has 0 saturated heterocycles. The number of hydrogen-bond donors (Lipinski definition) is 0. The number of ether oxygens (including phenoxy) is 1. The summed E-state index contributed by atoms with van der Waals surface area (Å²) >= 11 is 11.9. The van der Waals surface area contributed by atoms with E-state index in [9.17, 15) is 9.18 Å². The molecular formula is C18H13Cl2FN2O2. The Morgan fingerprint density at radius 1 is 1.20 bits per heavy atom. The van der Waals surface area contributed by atoms with Crippen LogP contribution in [0, 0.1) is 5.82 Å². The predicted octanol–water partition coefficient (Wildman–Crippen LogP) is 4.72. The Labute approximate surface area is 153 Å². The van der Waals surface area contributed by atoms with Crippen LogP contribution in [0.5, 0.6) is 0 Å². The fourth-order valence-electron chi connectivity index (χ4n) is 2.27. The highest BCUT2D eigenvalue weighted by Gasteiger charge is 2.13. The highest BCUT2D eigenvalue weighted by Crippen LogP contribution is 2.22. The quantitative estimate of drug-likeness (QED) is 0.583. The van der Waals surface area contributed by atoms with Crippen LogP contribution in [-0.2, 0) is 11.3 Å². The number of imidazole rings is 1. The minimum atomic E-state index is -0.607. The zero-order valence-electron chi connectivity index (χ0n) is 13.0. The van der Waals surface area contributed by atoms with E-state index in [4.69, 9.17) is 27.9 Å². The molecule has 0 radical (unpaired) electrons. The first-order chi connectivity index (χ1) is 12.0. The van der Waals surface area contributed by atoms with Crippen molar-refractivity contribution in [1.29, 1.82) is 0 Å². The van der Waals surface area contributed by atoms with E-state index in [2.05, 4.69) is 4.98 Å². The van der Waals surface area contributed by atoms with Gasteiger partial charge in [-0.25, -0.2) is 9.37 Å². The molecule has 25 heavy (non-hydrogen) atoms. The molecule has 0 atom stereocenters. The molecule has 0 N–H and O–H groups in total. The van der Waals surface area contributed by atoms with E-state index >= 15 is 0 Å². The molecule has 0 spiro atoms. The van der Waals surface area contributed by atoms with E-state index in [1.807, 2.05) is 0 Å². The van der Waals surface area contributed by atoms with Gasteiger partial charge in [0.1, 0.15) is 12.4 Å². The van der Waals surface area contributed by atoms with Crippen molar-refractivity contribution in [3.63, 3.8) is 0 Å². The van der Waals surface area contributed by atoms with Crippen molar-refractivity contribution in [2.45, 2.75) is 6.61 Å². The summed E-state index contributed by atoms with van der Waals surface area (Å²) in [6.07, 6.45) is 4.83. The fraction of sp³-hybridized carbons (Fsp3) is 0.111. The summed E-state index contributed by atoms with van der Waals surface area (Å²) < 4.78 is 21.2. The van der Waals surface area contributed by atoms with E-state index in [-0.39, 0.29) is 18.8 Å². The van der Waals surface area contributed by atoms with Crippen molar-refractivity contribution < 1.29 is 13.9 Å². The van der Waals surface area contributed by atoms with Crippen molar-refractivity contribution in [1.82, 2.24) is 9.55 Å². The van der Waals surface area contributed by atoms with Gasteiger partial charge in [0.05, 0.1) is 18.5 Å². The number of carbonyl (C=O) groups is 1. The molecular weight excluding hydrogens is 366 g/mol. The highest BCUT2D eigenvalue weighted by atomic mass is 35.5. The minimum Gasteiger partial charge on any atom is -0.369 e. The third-order valence-electron chi connectivity index (χ3n) is 3.56. The summed E-state index contributed by atoms with van der Waals surface area (Å²) in [5, 5.41) is 0.973. The second kappa shape index (κ2) is 7.78. The Bertz CT molecular complexity index is 898. The van der Waals surface area contributed by atoms with Crippen molar-refractivity contribution in [3.05, 3.63) is 82.1 Å². The van der Waals surface area contributed by atoms with E-state index in [0.29, 0.717) is 21.3 Å². The van der Waals surface area contributed by atoms with Gasteiger partial charge in [-0.1, -0.05) is 29.3 Å². The van der Waals surface area contributed by atoms with Gasteiger partial charge in [-0.3, -0.25) is 4.79 Å². The van der Waals surface area contributed by atoms with E-state index in [1.54, 1.807) is 47.6 Å². The summed E-state index contributed by atoms with van der Waals surface area (Å²) in [4.78, 5) is 16.1. The third kappa shape index (κ3) is 4.25. The number of benzene rings is 2. The van der Waals surface area contributed by atoms with Crippen molar-refractivity contribution in [2.75, 3.05) is 6.61 Å². The number of Topliss-reactive ketones (excluding diaryl/α,β-unsaturated/α-hetero) is 1. The third-order valence-corrected chi connectivity index (χ3v) is 4.15. The molecule has 0 aliphatic heterocycles. The number of carbonyl (C=O) groups excluding carboxylic acids is 1. The Morgan fingerprint density at radius 2 is 2.04 bits per heavy atom. The van der Waals surface area contributed by atoms with Gasteiger partial charge >= 0.3 is 0 Å². The van der Waals surface area contributed by atoms with E-state index in [1.165, 1.54) is 12.1 Å². The zero-order chi connectivity index (χ0) is 17.8. The molecule has 0 aliphatic carbocycles. The van der Waals surface area contributed by atoms with Crippen LogP contribution in [0.3, 0.4) is 0 Å². The van der Waals surface area contributed by atoms with Crippen LogP contribution >= 0.6 is 23.2 Å². The number of aromatic nitrogens is 2. The maximum Gasteiger partial charge on any atom is 0.191 e. The summed E-state index contributed by atoms with van der Waals surface area (Å²) in [5.41, 5.74) is 1.27. The Hall–Kier alpha value is -2.21. The standard InChI is InChI=1S/C18H13Cl2FN2O2/c19-13-2-1-12(16(20)7-13)9-25-10-18(24)15-4-3-14(8-17(15)21)23-6-5-22-11-23/h1-8,11H,9-10H2. The van der Waals surface area contributed by atoms with Crippen LogP contribution in [0.4, 0.5) is 4.39 Å². The van der Waals surface area contributed by atoms with Gasteiger partial charge in [0.2, 0.25) is 0 Å². The Balaban J connectivity index is 1.63. The van der Waals surface area contributed by atoms with Gasteiger partial charge in [0, 0.05) is 28.1 Å². The number of ketones is 1. The second-order valence-corrected chi connectivity index (χ2v) is 6.13. The number of halogens is 3. The Morgan fingerprint density at radius 3 is 2.72 bits per heavy atom. The smallest absolute Gasteiger partial charge is 0.191 e. The van der Waals surface area contributed by atoms with Gasteiger partial charge in [-0.2, -0.15) is 0 Å². The van der Waals surface area contributed by atoms with Gasteiger partial charge in [-0.15, -0.1) is 0 Å². The molecule has 4 nitrogen and oxygen atoms in total. The zero-order valence-corrected chi connectivity index (χ0v) is 14.5.